The van der Waals surface area contributed by atoms with E-state index in [0.717, 1.165) is 30.5 Å². The van der Waals surface area contributed by atoms with E-state index in [1.165, 1.54) is 6.07 Å². The predicted molar refractivity (Wildman–Crippen MR) is 86.0 cm³/mol. The van der Waals surface area contributed by atoms with Crippen molar-refractivity contribution in [3.05, 3.63) is 69.2 Å². The highest BCUT2D eigenvalue weighted by Crippen LogP contribution is 2.41. The Morgan fingerprint density at radius 1 is 1.09 bits per heavy atom. The normalized spacial score (nSPS) is 20.0. The Labute approximate surface area is 142 Å². The van der Waals surface area contributed by atoms with Gasteiger partial charge in [-0.2, -0.15) is 0 Å². The van der Waals surface area contributed by atoms with E-state index in [4.69, 9.17) is 23.2 Å². The second kappa shape index (κ2) is 6.46. The molecule has 1 aliphatic rings. The molecular formula is C17H13Cl2F2NO. The summed E-state index contributed by atoms with van der Waals surface area (Å²) in [7, 11) is 0. The van der Waals surface area contributed by atoms with Gasteiger partial charge in [-0.1, -0.05) is 35.3 Å². The minimum atomic E-state index is -0.872. The number of rotatable bonds is 3. The highest BCUT2D eigenvalue weighted by molar-refractivity contribution is 6.35. The molecule has 0 saturated heterocycles. The standard InChI is InChI=1S/C17H13Cl2F2NO/c18-9-4-5-10(12(19)8-9)11-6-7-15(11)22-17(23)16-13(20)2-1-3-14(16)21/h1-5,8,11,15H,6-7H2,(H,22,23)/t11-,15-/m0/s1. The van der Waals surface area contributed by atoms with Gasteiger partial charge in [0, 0.05) is 22.0 Å². The quantitative estimate of drug-likeness (QED) is 0.829. The number of hydrogen-bond acceptors (Lipinski definition) is 1. The van der Waals surface area contributed by atoms with Gasteiger partial charge in [0.25, 0.3) is 5.91 Å². The van der Waals surface area contributed by atoms with Gasteiger partial charge in [-0.3, -0.25) is 4.79 Å². The molecule has 1 amide bonds. The number of carbonyl (C=O) groups excluding carboxylic acids is 1. The van der Waals surface area contributed by atoms with Crippen molar-refractivity contribution in [3.8, 4) is 0 Å². The second-order valence-electron chi connectivity index (χ2n) is 5.53. The maximum absolute atomic E-state index is 13.7. The molecule has 0 heterocycles. The summed E-state index contributed by atoms with van der Waals surface area (Å²) in [5.74, 6) is -2.48. The third-order valence-electron chi connectivity index (χ3n) is 4.14. The number of hydrogen-bond donors (Lipinski definition) is 1. The van der Waals surface area contributed by atoms with Crippen molar-refractivity contribution in [1.29, 1.82) is 0 Å². The molecule has 1 fully saturated rings. The molecule has 0 bridgehead atoms. The van der Waals surface area contributed by atoms with Crippen LogP contribution in [0.5, 0.6) is 0 Å². The minimum absolute atomic E-state index is 0.0125. The van der Waals surface area contributed by atoms with Crippen molar-refractivity contribution in [2.75, 3.05) is 0 Å². The van der Waals surface area contributed by atoms with E-state index >= 15 is 0 Å². The van der Waals surface area contributed by atoms with Crippen LogP contribution in [0.2, 0.25) is 10.0 Å². The topological polar surface area (TPSA) is 29.1 Å². The summed E-state index contributed by atoms with van der Waals surface area (Å²) >= 11 is 12.1. The molecule has 0 aliphatic heterocycles. The van der Waals surface area contributed by atoms with Crippen LogP contribution in [0.4, 0.5) is 8.78 Å². The Morgan fingerprint density at radius 3 is 2.35 bits per heavy atom. The molecule has 2 aromatic rings. The molecule has 0 aromatic heterocycles. The van der Waals surface area contributed by atoms with Crippen LogP contribution in [0.1, 0.15) is 34.7 Å². The van der Waals surface area contributed by atoms with E-state index in [2.05, 4.69) is 5.32 Å². The van der Waals surface area contributed by atoms with Crippen molar-refractivity contribution in [1.82, 2.24) is 5.32 Å². The zero-order valence-electron chi connectivity index (χ0n) is 12.0. The first kappa shape index (κ1) is 16.2. The van der Waals surface area contributed by atoms with Crippen LogP contribution in [0, 0.1) is 11.6 Å². The lowest BCUT2D eigenvalue weighted by Gasteiger charge is -2.38. The van der Waals surface area contributed by atoms with Crippen molar-refractivity contribution in [2.24, 2.45) is 0 Å². The molecule has 6 heteroatoms. The summed E-state index contributed by atoms with van der Waals surface area (Å²) in [4.78, 5) is 12.2. The average molecular weight is 356 g/mol. The van der Waals surface area contributed by atoms with Gasteiger partial charge in [-0.15, -0.1) is 0 Å². The van der Waals surface area contributed by atoms with Gasteiger partial charge in [-0.05, 0) is 42.7 Å². The molecule has 0 radical (unpaired) electrons. The largest absolute Gasteiger partial charge is 0.349 e. The van der Waals surface area contributed by atoms with E-state index in [1.807, 2.05) is 6.07 Å². The predicted octanol–water partition coefficient (Wildman–Crippen LogP) is 4.95. The van der Waals surface area contributed by atoms with Gasteiger partial charge in [-0.25, -0.2) is 8.78 Å². The molecule has 3 rings (SSSR count). The van der Waals surface area contributed by atoms with Crippen molar-refractivity contribution in [3.63, 3.8) is 0 Å². The van der Waals surface area contributed by atoms with E-state index in [0.29, 0.717) is 10.0 Å². The fourth-order valence-corrected chi connectivity index (χ4v) is 3.35. The third-order valence-corrected chi connectivity index (χ3v) is 4.71. The maximum atomic E-state index is 13.7. The molecule has 2 atom stereocenters. The Morgan fingerprint density at radius 2 is 1.78 bits per heavy atom. The van der Waals surface area contributed by atoms with E-state index in [-0.39, 0.29) is 12.0 Å². The molecule has 1 aliphatic carbocycles. The van der Waals surface area contributed by atoms with Gasteiger partial charge in [0.05, 0.1) is 0 Å². The number of halogens is 4. The van der Waals surface area contributed by atoms with Gasteiger partial charge < -0.3 is 5.32 Å². The summed E-state index contributed by atoms with van der Waals surface area (Å²) in [5.41, 5.74) is 0.321. The van der Waals surface area contributed by atoms with E-state index in [1.54, 1.807) is 12.1 Å². The number of amides is 1. The minimum Gasteiger partial charge on any atom is -0.349 e. The second-order valence-corrected chi connectivity index (χ2v) is 6.37. The molecule has 2 aromatic carbocycles. The van der Waals surface area contributed by atoms with Crippen molar-refractivity contribution < 1.29 is 13.6 Å². The number of carbonyl (C=O) groups is 1. The lowest BCUT2D eigenvalue weighted by atomic mass is 9.75. The zero-order valence-corrected chi connectivity index (χ0v) is 13.5. The van der Waals surface area contributed by atoms with Gasteiger partial charge >= 0.3 is 0 Å². The third kappa shape index (κ3) is 3.19. The van der Waals surface area contributed by atoms with Crippen LogP contribution in [0.15, 0.2) is 36.4 Å². The van der Waals surface area contributed by atoms with Gasteiger partial charge in [0.2, 0.25) is 0 Å². The van der Waals surface area contributed by atoms with Crippen LogP contribution >= 0.6 is 23.2 Å². The first-order valence-electron chi connectivity index (χ1n) is 7.17. The Bertz CT molecular complexity index is 746. The van der Waals surface area contributed by atoms with Crippen molar-refractivity contribution in [2.45, 2.75) is 24.8 Å². The Kier molecular flexibility index (Phi) is 4.55. The van der Waals surface area contributed by atoms with Crippen molar-refractivity contribution >= 4 is 29.1 Å². The summed E-state index contributed by atoms with van der Waals surface area (Å²) in [6, 6.07) is 8.33. The van der Waals surface area contributed by atoms with Crippen LogP contribution in [0.3, 0.4) is 0 Å². The van der Waals surface area contributed by atoms with Crippen LogP contribution in [-0.4, -0.2) is 11.9 Å². The summed E-state index contributed by atoms with van der Waals surface area (Å²) in [5, 5.41) is 3.75. The monoisotopic (exact) mass is 355 g/mol. The summed E-state index contributed by atoms with van der Waals surface area (Å²) in [6.07, 6.45) is 1.57. The van der Waals surface area contributed by atoms with Crippen LogP contribution < -0.4 is 5.32 Å². The first-order chi connectivity index (χ1) is 11.0. The average Bonchev–Trinajstić information content (AvgIpc) is 2.46. The SMILES string of the molecule is O=C(N[C@H]1CC[C@H]1c1ccc(Cl)cc1Cl)c1c(F)cccc1F. The van der Waals surface area contributed by atoms with E-state index < -0.39 is 23.1 Å². The molecular weight excluding hydrogens is 343 g/mol. The number of nitrogens with one attached hydrogen (secondary N) is 1. The smallest absolute Gasteiger partial charge is 0.257 e. The zero-order chi connectivity index (χ0) is 16.6. The Balaban J connectivity index is 1.77. The molecule has 1 saturated carbocycles. The molecule has 1 N–H and O–H groups in total. The van der Waals surface area contributed by atoms with E-state index in [9.17, 15) is 13.6 Å². The molecule has 120 valence electrons. The first-order valence-corrected chi connectivity index (χ1v) is 7.93. The van der Waals surface area contributed by atoms with Crippen LogP contribution in [0.25, 0.3) is 0 Å². The van der Waals surface area contributed by atoms with Gasteiger partial charge in [0.15, 0.2) is 0 Å². The fraction of sp³-hybridized carbons (Fsp3) is 0.235. The maximum Gasteiger partial charge on any atom is 0.257 e. The van der Waals surface area contributed by atoms with Gasteiger partial charge in [0.1, 0.15) is 17.2 Å². The summed E-state index contributed by atoms with van der Waals surface area (Å²) in [6.45, 7) is 0. The Hall–Kier alpha value is -1.65. The molecule has 2 nitrogen and oxygen atoms in total. The lowest BCUT2D eigenvalue weighted by molar-refractivity contribution is 0.0896. The molecule has 0 spiro atoms. The highest BCUT2D eigenvalue weighted by atomic mass is 35.5. The lowest BCUT2D eigenvalue weighted by Crippen LogP contribution is -2.46. The van der Waals surface area contributed by atoms with Crippen LogP contribution in [-0.2, 0) is 0 Å². The summed E-state index contributed by atoms with van der Waals surface area (Å²) < 4.78 is 27.3. The molecule has 23 heavy (non-hydrogen) atoms. The fourth-order valence-electron chi connectivity index (χ4n) is 2.80. The highest BCUT2D eigenvalue weighted by Gasteiger charge is 2.35. The number of benzene rings is 2. The molecule has 0 unspecified atom stereocenters.